The van der Waals surface area contributed by atoms with Crippen LogP contribution in [0.25, 0.3) is 0 Å². The highest BCUT2D eigenvalue weighted by molar-refractivity contribution is 5.96. The molecule has 25 heavy (non-hydrogen) atoms. The summed E-state index contributed by atoms with van der Waals surface area (Å²) in [7, 11) is 0. The summed E-state index contributed by atoms with van der Waals surface area (Å²) in [5.74, 6) is 0.121. The Morgan fingerprint density at radius 1 is 0.560 bits per heavy atom. The summed E-state index contributed by atoms with van der Waals surface area (Å²) in [4.78, 5) is 12.9. The van der Waals surface area contributed by atoms with Crippen LogP contribution >= 0.6 is 0 Å². The first-order valence-electron chi connectivity index (χ1n) is 7.44. The normalized spacial score (nSPS) is 9.80. The van der Waals surface area contributed by atoms with Gasteiger partial charge in [0.15, 0.2) is 0 Å². The molecule has 0 aliphatic heterocycles. The van der Waals surface area contributed by atoms with Crippen LogP contribution in [0.5, 0.6) is 0 Å². The van der Waals surface area contributed by atoms with E-state index in [1.807, 2.05) is 91.0 Å². The minimum absolute atomic E-state index is 0. The molecule has 0 fully saturated rings. The number of rotatable bonds is 4. The largest absolute Gasteiger partial charge is 0.298 e. The molecule has 0 aliphatic rings. The van der Waals surface area contributed by atoms with Gasteiger partial charge in [-0.3, -0.25) is 4.79 Å². The molecule has 3 aromatic carbocycles. The quantitative estimate of drug-likeness (QED) is 0.496. The Morgan fingerprint density at radius 2 is 0.800 bits per heavy atom. The van der Waals surface area contributed by atoms with E-state index >= 15 is 0 Å². The van der Waals surface area contributed by atoms with E-state index in [9.17, 15) is 4.79 Å². The number of carbonyl (C=O) groups is 1. The van der Waals surface area contributed by atoms with Crippen molar-refractivity contribution in [3.8, 4) is 0 Å². The van der Waals surface area contributed by atoms with Crippen LogP contribution in [0.15, 0.2) is 91.0 Å². The Morgan fingerprint density at radius 3 is 1.00 bits per heavy atom. The van der Waals surface area contributed by atoms with Gasteiger partial charge < -0.3 is 0 Å². The van der Waals surface area contributed by atoms with Crippen LogP contribution in [-0.4, -0.2) is 5.78 Å². The summed E-state index contributed by atoms with van der Waals surface area (Å²) in [6.07, 6.45) is 0. The average molecular weight is 335 g/mol. The standard InChI is InChI=1S/C21H18O.3CH4/c1-17(22)21(18-11-5-2-6-12-18,19-13-7-3-8-14-19)20-15-9-4-10-16-20;;;/h2-16H,1H3;3*1H4. The molecule has 0 unspecified atom stereocenters. The van der Waals surface area contributed by atoms with Crippen LogP contribution in [0.4, 0.5) is 0 Å². The summed E-state index contributed by atoms with van der Waals surface area (Å²) in [6, 6.07) is 30.0. The van der Waals surface area contributed by atoms with Crippen molar-refractivity contribution in [1.29, 1.82) is 0 Å². The second kappa shape index (κ2) is 9.58. The Kier molecular flexibility index (Phi) is 8.56. The van der Waals surface area contributed by atoms with Gasteiger partial charge in [0, 0.05) is 0 Å². The van der Waals surface area contributed by atoms with E-state index in [0.29, 0.717) is 0 Å². The highest BCUT2D eigenvalue weighted by atomic mass is 16.1. The van der Waals surface area contributed by atoms with E-state index in [0.717, 1.165) is 16.7 Å². The van der Waals surface area contributed by atoms with E-state index in [1.165, 1.54) is 0 Å². The second-order valence-electron chi connectivity index (χ2n) is 5.40. The van der Waals surface area contributed by atoms with Crippen LogP contribution in [-0.2, 0) is 10.2 Å². The first-order chi connectivity index (χ1) is 10.8. The Labute approximate surface area is 153 Å². The van der Waals surface area contributed by atoms with Crippen LogP contribution < -0.4 is 0 Å². The third-order valence-electron chi connectivity index (χ3n) is 4.15. The molecule has 0 atom stereocenters. The minimum atomic E-state index is -0.760. The molecule has 0 saturated carbocycles. The van der Waals surface area contributed by atoms with Gasteiger partial charge in [-0.15, -0.1) is 0 Å². The fraction of sp³-hybridized carbons (Fsp3) is 0.208. The molecular formula is C24H30O. The lowest BCUT2D eigenvalue weighted by molar-refractivity contribution is -0.119. The monoisotopic (exact) mass is 334 g/mol. The number of carbonyl (C=O) groups excluding carboxylic acids is 1. The van der Waals surface area contributed by atoms with Crippen molar-refractivity contribution >= 4 is 5.78 Å². The van der Waals surface area contributed by atoms with Gasteiger partial charge >= 0.3 is 0 Å². The lowest BCUT2D eigenvalue weighted by Crippen LogP contribution is -2.36. The van der Waals surface area contributed by atoms with Gasteiger partial charge in [-0.05, 0) is 23.6 Å². The van der Waals surface area contributed by atoms with Crippen molar-refractivity contribution in [2.45, 2.75) is 34.6 Å². The molecule has 0 bridgehead atoms. The summed E-state index contributed by atoms with van der Waals surface area (Å²) in [5, 5.41) is 0. The SMILES string of the molecule is C.C.C.CC(=O)C(c1ccccc1)(c1ccccc1)c1ccccc1. The van der Waals surface area contributed by atoms with E-state index in [4.69, 9.17) is 0 Å². The smallest absolute Gasteiger partial charge is 0.149 e. The van der Waals surface area contributed by atoms with Crippen molar-refractivity contribution in [2.24, 2.45) is 0 Å². The minimum Gasteiger partial charge on any atom is -0.298 e. The van der Waals surface area contributed by atoms with Gasteiger partial charge in [-0.1, -0.05) is 113 Å². The van der Waals surface area contributed by atoms with Crippen LogP contribution in [0.1, 0.15) is 45.9 Å². The maximum absolute atomic E-state index is 12.9. The summed E-state index contributed by atoms with van der Waals surface area (Å²) in [6.45, 7) is 1.67. The number of Topliss-reactive ketones (excluding diaryl/α,β-unsaturated/α-hetero) is 1. The molecule has 0 amide bonds. The van der Waals surface area contributed by atoms with Crippen LogP contribution in [0.3, 0.4) is 0 Å². The zero-order valence-corrected chi connectivity index (χ0v) is 12.6. The van der Waals surface area contributed by atoms with Crippen LogP contribution in [0, 0.1) is 0 Å². The Hall–Kier alpha value is -2.67. The second-order valence-corrected chi connectivity index (χ2v) is 5.40. The molecule has 3 aromatic rings. The molecule has 1 heteroatoms. The highest BCUT2D eigenvalue weighted by Crippen LogP contribution is 2.39. The van der Waals surface area contributed by atoms with E-state index in [2.05, 4.69) is 0 Å². The molecular weight excluding hydrogens is 304 g/mol. The molecule has 0 radical (unpaired) electrons. The predicted octanol–water partition coefficient (Wildman–Crippen LogP) is 6.52. The maximum atomic E-state index is 12.9. The third-order valence-corrected chi connectivity index (χ3v) is 4.15. The first-order valence-corrected chi connectivity index (χ1v) is 7.44. The van der Waals surface area contributed by atoms with E-state index in [1.54, 1.807) is 6.92 Å². The van der Waals surface area contributed by atoms with E-state index in [-0.39, 0.29) is 28.1 Å². The van der Waals surface area contributed by atoms with Crippen molar-refractivity contribution in [3.05, 3.63) is 108 Å². The zero-order valence-electron chi connectivity index (χ0n) is 12.6. The van der Waals surface area contributed by atoms with Gasteiger partial charge in [0.2, 0.25) is 0 Å². The number of hydrogen-bond acceptors (Lipinski definition) is 1. The molecule has 1 nitrogen and oxygen atoms in total. The summed E-state index contributed by atoms with van der Waals surface area (Å²) >= 11 is 0. The van der Waals surface area contributed by atoms with Crippen LogP contribution in [0.2, 0.25) is 0 Å². The Bertz CT molecular complexity index is 649. The maximum Gasteiger partial charge on any atom is 0.149 e. The lowest BCUT2D eigenvalue weighted by atomic mass is 9.67. The van der Waals surface area contributed by atoms with Gasteiger partial charge in [0.25, 0.3) is 0 Å². The third kappa shape index (κ3) is 3.88. The molecule has 0 aromatic heterocycles. The fourth-order valence-corrected chi connectivity index (χ4v) is 3.17. The number of hydrogen-bond donors (Lipinski definition) is 0. The molecule has 132 valence electrons. The van der Waals surface area contributed by atoms with Crippen molar-refractivity contribution in [2.75, 3.05) is 0 Å². The number of ketones is 1. The highest BCUT2D eigenvalue weighted by Gasteiger charge is 2.40. The molecule has 0 saturated heterocycles. The number of benzene rings is 3. The molecule has 0 heterocycles. The Balaban J connectivity index is 0.00000192. The van der Waals surface area contributed by atoms with Gasteiger partial charge in [-0.2, -0.15) is 0 Å². The summed E-state index contributed by atoms with van der Waals surface area (Å²) < 4.78 is 0. The molecule has 3 rings (SSSR count). The predicted molar refractivity (Wildman–Crippen MR) is 110 cm³/mol. The van der Waals surface area contributed by atoms with Gasteiger partial charge in [0.05, 0.1) is 0 Å². The molecule has 0 aliphatic carbocycles. The molecule has 0 spiro atoms. The fourth-order valence-electron chi connectivity index (χ4n) is 3.17. The van der Waals surface area contributed by atoms with Crippen molar-refractivity contribution in [1.82, 2.24) is 0 Å². The first kappa shape index (κ1) is 22.3. The molecule has 0 N–H and O–H groups in total. The van der Waals surface area contributed by atoms with Crippen molar-refractivity contribution in [3.63, 3.8) is 0 Å². The lowest BCUT2D eigenvalue weighted by Gasteiger charge is -2.33. The zero-order chi connectivity index (χ0) is 15.4. The van der Waals surface area contributed by atoms with Gasteiger partial charge in [-0.25, -0.2) is 0 Å². The topological polar surface area (TPSA) is 17.1 Å². The summed E-state index contributed by atoms with van der Waals surface area (Å²) in [5.41, 5.74) is 2.24. The average Bonchev–Trinajstić information content (AvgIpc) is 2.58. The van der Waals surface area contributed by atoms with Crippen molar-refractivity contribution < 1.29 is 4.79 Å². The van der Waals surface area contributed by atoms with Gasteiger partial charge in [0.1, 0.15) is 11.2 Å². The van der Waals surface area contributed by atoms with E-state index < -0.39 is 5.41 Å².